The van der Waals surface area contributed by atoms with Gasteiger partial charge in [0.2, 0.25) is 11.7 Å². The van der Waals surface area contributed by atoms with Crippen LogP contribution < -0.4 is 24.8 Å². The zero-order chi connectivity index (χ0) is 17.2. The Morgan fingerprint density at radius 1 is 1.13 bits per heavy atom. The van der Waals surface area contributed by atoms with Gasteiger partial charge in [0.1, 0.15) is 0 Å². The van der Waals surface area contributed by atoms with E-state index in [1.807, 2.05) is 26.0 Å². The summed E-state index contributed by atoms with van der Waals surface area (Å²) in [6, 6.07) is 4.01. The Labute approximate surface area is 138 Å². The number of amides is 1. The number of hydrogen-bond acceptors (Lipinski definition) is 5. The maximum Gasteiger partial charge on any atom is 0.220 e. The largest absolute Gasteiger partial charge is 0.493 e. The molecule has 0 heterocycles. The molecule has 1 rings (SSSR count). The zero-order valence-corrected chi connectivity index (χ0v) is 14.7. The molecule has 2 N–H and O–H groups in total. The van der Waals surface area contributed by atoms with Crippen LogP contribution in [0.25, 0.3) is 0 Å². The van der Waals surface area contributed by atoms with Gasteiger partial charge < -0.3 is 24.8 Å². The van der Waals surface area contributed by atoms with Crippen LogP contribution in [0.15, 0.2) is 12.1 Å². The summed E-state index contributed by atoms with van der Waals surface area (Å²) in [7, 11) is 4.73. The number of carbonyl (C=O) groups excluding carboxylic acids is 1. The number of carbonyl (C=O) groups is 1. The highest BCUT2D eigenvalue weighted by Crippen LogP contribution is 2.38. The molecule has 6 nitrogen and oxygen atoms in total. The van der Waals surface area contributed by atoms with Crippen LogP contribution in [0.5, 0.6) is 17.2 Å². The molecular weight excluding hydrogens is 296 g/mol. The molecule has 0 saturated carbocycles. The van der Waals surface area contributed by atoms with Gasteiger partial charge in [-0.1, -0.05) is 6.92 Å². The fraction of sp³-hybridized carbons (Fsp3) is 0.588. The van der Waals surface area contributed by atoms with Crippen molar-refractivity contribution in [2.75, 3.05) is 34.4 Å². The fourth-order valence-electron chi connectivity index (χ4n) is 2.31. The van der Waals surface area contributed by atoms with Crippen LogP contribution in [0, 0.1) is 0 Å². The van der Waals surface area contributed by atoms with Crippen molar-refractivity contribution in [3.05, 3.63) is 17.7 Å². The van der Waals surface area contributed by atoms with Gasteiger partial charge in [0.15, 0.2) is 11.5 Å². The van der Waals surface area contributed by atoms with E-state index in [0.717, 1.165) is 12.1 Å². The fourth-order valence-corrected chi connectivity index (χ4v) is 2.31. The van der Waals surface area contributed by atoms with Crippen molar-refractivity contribution in [2.45, 2.75) is 32.7 Å². The third-order valence-corrected chi connectivity index (χ3v) is 3.52. The molecule has 0 spiro atoms. The second-order valence-corrected chi connectivity index (χ2v) is 5.30. The molecule has 0 aromatic heterocycles. The Hall–Kier alpha value is -1.95. The van der Waals surface area contributed by atoms with Gasteiger partial charge >= 0.3 is 0 Å². The summed E-state index contributed by atoms with van der Waals surface area (Å²) in [5, 5.41) is 6.18. The molecule has 0 unspecified atom stereocenters. The normalized spacial score (nSPS) is 11.7. The standard InChI is InChI=1S/C17H28N2O4/c1-6-18-12(2)11-19-16(20)8-7-13-9-14(21-3)17(23-5)15(10-13)22-4/h9-10,12,18H,6-8,11H2,1-5H3,(H,19,20)/t12-/m1/s1. The van der Waals surface area contributed by atoms with E-state index in [4.69, 9.17) is 14.2 Å². The highest BCUT2D eigenvalue weighted by Gasteiger charge is 2.14. The van der Waals surface area contributed by atoms with Crippen molar-refractivity contribution in [3.8, 4) is 17.2 Å². The maximum atomic E-state index is 11.9. The summed E-state index contributed by atoms with van der Waals surface area (Å²) < 4.78 is 15.9. The number of hydrogen-bond donors (Lipinski definition) is 2. The lowest BCUT2D eigenvalue weighted by Crippen LogP contribution is -2.38. The van der Waals surface area contributed by atoms with Gasteiger partial charge in [0, 0.05) is 19.0 Å². The zero-order valence-electron chi connectivity index (χ0n) is 14.7. The minimum atomic E-state index is 0.0310. The van der Waals surface area contributed by atoms with Gasteiger partial charge in [-0.3, -0.25) is 4.79 Å². The lowest BCUT2D eigenvalue weighted by atomic mass is 10.1. The van der Waals surface area contributed by atoms with Gasteiger partial charge in [-0.15, -0.1) is 0 Å². The first-order valence-corrected chi connectivity index (χ1v) is 7.84. The lowest BCUT2D eigenvalue weighted by molar-refractivity contribution is -0.121. The van der Waals surface area contributed by atoms with E-state index in [-0.39, 0.29) is 11.9 Å². The van der Waals surface area contributed by atoms with Crippen LogP contribution in [0.3, 0.4) is 0 Å². The predicted octanol–water partition coefficient (Wildman–Crippen LogP) is 1.76. The van der Waals surface area contributed by atoms with Crippen molar-refractivity contribution < 1.29 is 19.0 Å². The summed E-state index contributed by atoms with van der Waals surface area (Å²) >= 11 is 0. The second kappa shape index (κ2) is 9.94. The predicted molar refractivity (Wildman–Crippen MR) is 90.6 cm³/mol. The summed E-state index contributed by atoms with van der Waals surface area (Å²) in [6.07, 6.45) is 1.02. The topological polar surface area (TPSA) is 68.8 Å². The van der Waals surface area contributed by atoms with E-state index < -0.39 is 0 Å². The molecule has 0 bridgehead atoms. The van der Waals surface area contributed by atoms with Crippen LogP contribution in [0.1, 0.15) is 25.8 Å². The highest BCUT2D eigenvalue weighted by atomic mass is 16.5. The number of methoxy groups -OCH3 is 3. The number of benzene rings is 1. The lowest BCUT2D eigenvalue weighted by Gasteiger charge is -2.15. The summed E-state index contributed by atoms with van der Waals surface area (Å²) in [4.78, 5) is 11.9. The molecular formula is C17H28N2O4. The summed E-state index contributed by atoms with van der Waals surface area (Å²) in [5.41, 5.74) is 0.967. The molecule has 0 saturated heterocycles. The van der Waals surface area contributed by atoms with Crippen molar-refractivity contribution in [1.82, 2.24) is 10.6 Å². The SMILES string of the molecule is CCN[C@H](C)CNC(=O)CCc1cc(OC)c(OC)c(OC)c1. The van der Waals surface area contributed by atoms with Crippen LogP contribution in [-0.4, -0.2) is 46.4 Å². The van der Waals surface area contributed by atoms with Gasteiger partial charge in [0.25, 0.3) is 0 Å². The average molecular weight is 324 g/mol. The van der Waals surface area contributed by atoms with Crippen LogP contribution >= 0.6 is 0 Å². The van der Waals surface area contributed by atoms with E-state index in [9.17, 15) is 4.79 Å². The van der Waals surface area contributed by atoms with Crippen molar-refractivity contribution in [1.29, 1.82) is 0 Å². The van der Waals surface area contributed by atoms with E-state index in [1.54, 1.807) is 21.3 Å². The number of aryl methyl sites for hydroxylation is 1. The molecule has 23 heavy (non-hydrogen) atoms. The molecule has 6 heteroatoms. The van der Waals surface area contributed by atoms with Crippen LogP contribution in [0.4, 0.5) is 0 Å². The monoisotopic (exact) mass is 324 g/mol. The van der Waals surface area contributed by atoms with Crippen molar-refractivity contribution in [2.24, 2.45) is 0 Å². The third kappa shape index (κ3) is 5.98. The number of nitrogens with one attached hydrogen (secondary N) is 2. The molecule has 0 aliphatic heterocycles. The van der Waals surface area contributed by atoms with Crippen LogP contribution in [0.2, 0.25) is 0 Å². The van der Waals surface area contributed by atoms with Crippen molar-refractivity contribution >= 4 is 5.91 Å². The molecule has 130 valence electrons. The maximum absolute atomic E-state index is 11.9. The first-order chi connectivity index (χ1) is 11.0. The number of rotatable bonds is 10. The van der Waals surface area contributed by atoms with E-state index in [1.165, 1.54) is 0 Å². The molecule has 1 aromatic rings. The molecule has 0 radical (unpaired) electrons. The second-order valence-electron chi connectivity index (χ2n) is 5.30. The average Bonchev–Trinajstić information content (AvgIpc) is 2.57. The Balaban J connectivity index is 2.62. The molecule has 0 aliphatic rings. The van der Waals surface area contributed by atoms with Gasteiger partial charge in [0.05, 0.1) is 21.3 Å². The first kappa shape index (κ1) is 19.1. The van der Waals surface area contributed by atoms with E-state index in [0.29, 0.717) is 36.6 Å². The Bertz CT molecular complexity index is 480. The summed E-state index contributed by atoms with van der Waals surface area (Å²) in [6.45, 7) is 5.61. The highest BCUT2D eigenvalue weighted by molar-refractivity contribution is 5.76. The molecule has 1 aromatic carbocycles. The smallest absolute Gasteiger partial charge is 0.220 e. The summed E-state index contributed by atoms with van der Waals surface area (Å²) in [5.74, 6) is 1.79. The Morgan fingerprint density at radius 2 is 1.74 bits per heavy atom. The van der Waals surface area contributed by atoms with Gasteiger partial charge in [-0.2, -0.15) is 0 Å². The molecule has 1 amide bonds. The quantitative estimate of drug-likeness (QED) is 0.686. The number of likely N-dealkylation sites (N-methyl/N-ethyl adjacent to an activating group) is 1. The minimum absolute atomic E-state index is 0.0310. The first-order valence-electron chi connectivity index (χ1n) is 7.84. The number of ether oxygens (including phenoxy) is 3. The van der Waals surface area contributed by atoms with Gasteiger partial charge in [-0.05, 0) is 37.6 Å². The van der Waals surface area contributed by atoms with Crippen molar-refractivity contribution in [3.63, 3.8) is 0 Å². The van der Waals surface area contributed by atoms with E-state index in [2.05, 4.69) is 10.6 Å². The van der Waals surface area contributed by atoms with Crippen LogP contribution in [-0.2, 0) is 11.2 Å². The van der Waals surface area contributed by atoms with E-state index >= 15 is 0 Å². The third-order valence-electron chi connectivity index (χ3n) is 3.52. The minimum Gasteiger partial charge on any atom is -0.493 e. The molecule has 1 atom stereocenters. The Kier molecular flexibility index (Phi) is 8.26. The Morgan fingerprint density at radius 3 is 2.22 bits per heavy atom. The molecule has 0 fully saturated rings. The molecule has 0 aliphatic carbocycles. The van der Waals surface area contributed by atoms with Gasteiger partial charge in [-0.25, -0.2) is 0 Å².